The number of carbonyl (C=O) groups is 3. The van der Waals surface area contributed by atoms with E-state index in [0.29, 0.717) is 17.6 Å². The van der Waals surface area contributed by atoms with Crippen LogP contribution in [-0.2, 0) is 19.1 Å². The van der Waals surface area contributed by atoms with E-state index in [1.807, 2.05) is 0 Å². The van der Waals surface area contributed by atoms with Crippen LogP contribution in [-0.4, -0.2) is 35.2 Å². The summed E-state index contributed by atoms with van der Waals surface area (Å²) in [6.45, 7) is 13.8. The van der Waals surface area contributed by atoms with Crippen LogP contribution in [0.15, 0.2) is 37.0 Å². The summed E-state index contributed by atoms with van der Waals surface area (Å²) in [5, 5.41) is 16.3. The van der Waals surface area contributed by atoms with Crippen molar-refractivity contribution in [2.75, 3.05) is 7.11 Å². The number of hydrogen-bond acceptors (Lipinski definition) is 4. The lowest BCUT2D eigenvalue weighted by molar-refractivity contribution is -0.136. The quantitative estimate of drug-likeness (QED) is 0.0999. The van der Waals surface area contributed by atoms with E-state index in [1.54, 1.807) is 6.92 Å². The Morgan fingerprint density at radius 3 is 1.23 bits per heavy atom. The number of carbonyl (C=O) groups excluding carboxylic acids is 1. The first-order valence-electron chi connectivity index (χ1n) is 13.1. The molecule has 0 aliphatic carbocycles. The van der Waals surface area contributed by atoms with Crippen LogP contribution >= 0.6 is 0 Å². The lowest BCUT2D eigenvalue weighted by Gasteiger charge is -2.04. The number of esters is 1. The van der Waals surface area contributed by atoms with Crippen LogP contribution in [0.2, 0.25) is 0 Å². The fourth-order valence-corrected chi connectivity index (χ4v) is 3.17. The van der Waals surface area contributed by atoms with E-state index >= 15 is 0 Å². The summed E-state index contributed by atoms with van der Waals surface area (Å²) in [4.78, 5) is 30.0. The summed E-state index contributed by atoms with van der Waals surface area (Å²) in [5.74, 6) is -2.17. The van der Waals surface area contributed by atoms with E-state index in [1.165, 1.54) is 97.0 Å². The van der Waals surface area contributed by atoms with Crippen LogP contribution in [0.25, 0.3) is 0 Å². The summed E-state index contributed by atoms with van der Waals surface area (Å²) >= 11 is 0. The van der Waals surface area contributed by atoms with E-state index in [2.05, 4.69) is 31.4 Å². The third-order valence-electron chi connectivity index (χ3n) is 5.34. The van der Waals surface area contributed by atoms with Crippen LogP contribution < -0.4 is 0 Å². The Bertz CT molecular complexity index is 580. The molecule has 0 saturated heterocycles. The molecular formula is C29H52O6. The second-order valence-corrected chi connectivity index (χ2v) is 8.78. The van der Waals surface area contributed by atoms with Gasteiger partial charge in [-0.2, -0.15) is 0 Å². The molecule has 0 heterocycles. The highest BCUT2D eigenvalue weighted by molar-refractivity contribution is 5.86. The molecule has 35 heavy (non-hydrogen) atoms. The van der Waals surface area contributed by atoms with Gasteiger partial charge in [0.25, 0.3) is 0 Å². The molecule has 0 unspecified atom stereocenters. The minimum absolute atomic E-state index is 0.347. The van der Waals surface area contributed by atoms with Gasteiger partial charge in [0.1, 0.15) is 0 Å². The van der Waals surface area contributed by atoms with Crippen molar-refractivity contribution in [3.05, 3.63) is 37.0 Å². The third kappa shape index (κ3) is 36.4. The molecule has 0 aromatic carbocycles. The molecule has 0 radical (unpaired) electrons. The normalized spacial score (nSPS) is 9.57. The van der Waals surface area contributed by atoms with Crippen molar-refractivity contribution in [3.8, 4) is 0 Å². The number of carboxylic acids is 2. The van der Waals surface area contributed by atoms with Crippen LogP contribution in [0, 0.1) is 0 Å². The largest absolute Gasteiger partial charge is 0.478 e. The van der Waals surface area contributed by atoms with Gasteiger partial charge in [0.05, 0.1) is 7.11 Å². The van der Waals surface area contributed by atoms with Gasteiger partial charge in [0, 0.05) is 17.2 Å². The van der Waals surface area contributed by atoms with E-state index in [-0.39, 0.29) is 5.97 Å². The Morgan fingerprint density at radius 1 is 0.714 bits per heavy atom. The SMILES string of the molecule is C=C(C)C(=O)OC.C=C(CCCCCCCCCCCCCCCCCC)C(=O)O.C=CC(=O)O. The van der Waals surface area contributed by atoms with Gasteiger partial charge in [0.15, 0.2) is 0 Å². The molecule has 0 bridgehead atoms. The van der Waals surface area contributed by atoms with E-state index < -0.39 is 11.9 Å². The maximum absolute atomic E-state index is 10.6. The molecule has 0 aliphatic rings. The van der Waals surface area contributed by atoms with Crippen LogP contribution in [0.1, 0.15) is 123 Å². The number of unbranched alkanes of at least 4 members (excludes halogenated alkanes) is 15. The van der Waals surface area contributed by atoms with Gasteiger partial charge in [-0.1, -0.05) is 123 Å². The molecule has 0 aliphatic heterocycles. The lowest BCUT2D eigenvalue weighted by Crippen LogP contribution is -1.98. The average Bonchev–Trinajstić information content (AvgIpc) is 2.83. The summed E-state index contributed by atoms with van der Waals surface area (Å²) in [7, 11) is 1.33. The highest BCUT2D eigenvalue weighted by Crippen LogP contribution is 2.14. The third-order valence-corrected chi connectivity index (χ3v) is 5.34. The zero-order valence-electron chi connectivity index (χ0n) is 22.7. The molecule has 0 aromatic rings. The molecule has 6 nitrogen and oxygen atoms in total. The Morgan fingerprint density at radius 2 is 1.03 bits per heavy atom. The predicted molar refractivity (Wildman–Crippen MR) is 146 cm³/mol. The highest BCUT2D eigenvalue weighted by Gasteiger charge is 2.02. The number of methoxy groups -OCH3 is 1. The first-order valence-corrected chi connectivity index (χ1v) is 13.1. The number of aliphatic carboxylic acids is 2. The first-order chi connectivity index (χ1) is 16.6. The second kappa shape index (κ2) is 29.7. The van der Waals surface area contributed by atoms with Crippen molar-refractivity contribution in [1.82, 2.24) is 0 Å². The predicted octanol–water partition coefficient (Wildman–Crippen LogP) is 8.27. The minimum atomic E-state index is -0.981. The molecule has 0 atom stereocenters. The van der Waals surface area contributed by atoms with Crippen LogP contribution in [0.5, 0.6) is 0 Å². The number of ether oxygens (including phenoxy) is 1. The number of rotatable bonds is 20. The second-order valence-electron chi connectivity index (χ2n) is 8.78. The lowest BCUT2D eigenvalue weighted by atomic mass is 10.0. The zero-order chi connectivity index (χ0) is 27.3. The van der Waals surface area contributed by atoms with Crippen LogP contribution in [0.3, 0.4) is 0 Å². The Labute approximate surface area is 214 Å². The summed E-state index contributed by atoms with van der Waals surface area (Å²) in [6.07, 6.45) is 23.0. The molecule has 0 saturated carbocycles. The van der Waals surface area contributed by atoms with E-state index in [4.69, 9.17) is 10.2 Å². The fourth-order valence-electron chi connectivity index (χ4n) is 3.17. The highest BCUT2D eigenvalue weighted by atomic mass is 16.5. The molecule has 6 heteroatoms. The molecule has 204 valence electrons. The van der Waals surface area contributed by atoms with E-state index in [9.17, 15) is 14.4 Å². The molecule has 0 aromatic heterocycles. The summed E-state index contributed by atoms with van der Waals surface area (Å²) < 4.78 is 4.27. The van der Waals surface area contributed by atoms with Gasteiger partial charge >= 0.3 is 17.9 Å². The summed E-state index contributed by atoms with van der Waals surface area (Å²) in [5.41, 5.74) is 0.790. The van der Waals surface area contributed by atoms with Gasteiger partial charge in [-0.15, -0.1) is 0 Å². The average molecular weight is 497 g/mol. The topological polar surface area (TPSA) is 101 Å². The maximum atomic E-state index is 10.6. The van der Waals surface area contributed by atoms with Crippen molar-refractivity contribution < 1.29 is 29.3 Å². The maximum Gasteiger partial charge on any atom is 0.332 e. The van der Waals surface area contributed by atoms with E-state index in [0.717, 1.165) is 18.9 Å². The number of hydrogen-bond donors (Lipinski definition) is 2. The summed E-state index contributed by atoms with van der Waals surface area (Å²) in [6, 6.07) is 0. The van der Waals surface area contributed by atoms with Crippen molar-refractivity contribution in [1.29, 1.82) is 0 Å². The van der Waals surface area contributed by atoms with Gasteiger partial charge < -0.3 is 14.9 Å². The van der Waals surface area contributed by atoms with Gasteiger partial charge in [0.2, 0.25) is 0 Å². The smallest absolute Gasteiger partial charge is 0.332 e. The van der Waals surface area contributed by atoms with Gasteiger partial charge in [-0.3, -0.25) is 0 Å². The van der Waals surface area contributed by atoms with Crippen molar-refractivity contribution in [2.24, 2.45) is 0 Å². The fraction of sp³-hybridized carbons (Fsp3) is 0.690. The molecule has 0 fully saturated rings. The Balaban J connectivity index is -0.000000698. The van der Waals surface area contributed by atoms with Crippen molar-refractivity contribution >= 4 is 17.9 Å². The monoisotopic (exact) mass is 496 g/mol. The first kappa shape index (κ1) is 37.2. The van der Waals surface area contributed by atoms with Crippen molar-refractivity contribution in [2.45, 2.75) is 123 Å². The minimum Gasteiger partial charge on any atom is -0.478 e. The molecule has 0 amide bonds. The molecular weight excluding hydrogens is 444 g/mol. The number of carboxylic acid groups (broad SMARTS) is 2. The zero-order valence-corrected chi connectivity index (χ0v) is 22.7. The molecule has 0 spiro atoms. The molecule has 2 N–H and O–H groups in total. The standard InChI is InChI=1S/C21H40O2.C5H8O2.C3H4O2/c1-3-4-5-6-7-8-9-10-11-12-13-14-15-16-17-18-19-20(2)21(22)23;1-4(2)5(6)7-3;1-2-3(4)5/h2-19H2,1H3,(H,22,23);1H2,2-3H3;2H,1H2,(H,4,5). The van der Waals surface area contributed by atoms with Crippen LogP contribution in [0.4, 0.5) is 0 Å². The van der Waals surface area contributed by atoms with Crippen molar-refractivity contribution in [3.63, 3.8) is 0 Å². The Kier molecular flexibility index (Phi) is 31.5. The Hall–Kier alpha value is -2.37. The van der Waals surface area contributed by atoms with Gasteiger partial charge in [-0.05, 0) is 19.8 Å². The molecule has 0 rings (SSSR count). The van der Waals surface area contributed by atoms with Gasteiger partial charge in [-0.25, -0.2) is 14.4 Å².